The van der Waals surface area contributed by atoms with Crippen LogP contribution in [0.15, 0.2) is 42.5 Å². The van der Waals surface area contributed by atoms with E-state index in [0.29, 0.717) is 11.1 Å². The zero-order chi connectivity index (χ0) is 21.8. The molecule has 0 saturated carbocycles. The summed E-state index contributed by atoms with van der Waals surface area (Å²) in [4.78, 5) is 40.9. The fourth-order valence-electron chi connectivity index (χ4n) is 3.44. The predicted molar refractivity (Wildman–Crippen MR) is 103 cm³/mol. The SMILES string of the molecule is CC(C)N1C(=O)c2ccc(C(=O)Nc3ccc4[nH]c(C(F)(F)F)cc4c3)cc2C1=O. The second kappa shape index (κ2) is 6.72. The number of rotatable bonds is 3. The number of nitrogens with zero attached hydrogens (tertiary/aromatic N) is 1. The van der Waals surface area contributed by atoms with Crippen molar-refractivity contribution in [1.29, 1.82) is 0 Å². The van der Waals surface area contributed by atoms with Crippen LogP contribution in [0.25, 0.3) is 10.9 Å². The zero-order valence-electron chi connectivity index (χ0n) is 15.9. The first-order chi connectivity index (χ1) is 14.1. The molecule has 2 N–H and O–H groups in total. The summed E-state index contributed by atoms with van der Waals surface area (Å²) < 4.78 is 38.5. The Morgan fingerprint density at radius 1 is 1.00 bits per heavy atom. The number of fused-ring (bicyclic) bond motifs is 2. The van der Waals surface area contributed by atoms with Crippen LogP contribution in [0, 0.1) is 0 Å². The van der Waals surface area contributed by atoms with Crippen molar-refractivity contribution < 1.29 is 27.6 Å². The molecule has 6 nitrogen and oxygen atoms in total. The van der Waals surface area contributed by atoms with E-state index >= 15 is 0 Å². The third-order valence-electron chi connectivity index (χ3n) is 4.88. The first-order valence-electron chi connectivity index (χ1n) is 9.09. The van der Waals surface area contributed by atoms with Gasteiger partial charge in [-0.1, -0.05) is 0 Å². The molecule has 0 spiro atoms. The van der Waals surface area contributed by atoms with Gasteiger partial charge >= 0.3 is 6.18 Å². The number of hydrogen-bond donors (Lipinski definition) is 2. The molecule has 0 atom stereocenters. The van der Waals surface area contributed by atoms with Gasteiger partial charge < -0.3 is 10.3 Å². The Labute approximate surface area is 168 Å². The van der Waals surface area contributed by atoms with E-state index < -0.39 is 29.6 Å². The molecule has 3 amide bonds. The summed E-state index contributed by atoms with van der Waals surface area (Å²) in [5.74, 6) is -1.42. The van der Waals surface area contributed by atoms with Crippen molar-refractivity contribution in [1.82, 2.24) is 9.88 Å². The molecule has 30 heavy (non-hydrogen) atoms. The highest BCUT2D eigenvalue weighted by atomic mass is 19.4. The number of aromatic nitrogens is 1. The van der Waals surface area contributed by atoms with Gasteiger partial charge in [-0.25, -0.2) is 0 Å². The molecule has 0 unspecified atom stereocenters. The van der Waals surface area contributed by atoms with E-state index in [1.54, 1.807) is 13.8 Å². The molecule has 3 aromatic rings. The minimum Gasteiger partial charge on any atom is -0.351 e. The Morgan fingerprint density at radius 3 is 2.37 bits per heavy atom. The van der Waals surface area contributed by atoms with Crippen molar-refractivity contribution in [3.63, 3.8) is 0 Å². The maximum Gasteiger partial charge on any atom is 0.431 e. The van der Waals surface area contributed by atoms with Gasteiger partial charge in [0.25, 0.3) is 17.7 Å². The minimum absolute atomic E-state index is 0.150. The van der Waals surface area contributed by atoms with Crippen LogP contribution in [-0.2, 0) is 6.18 Å². The van der Waals surface area contributed by atoms with Crippen molar-refractivity contribution in [2.75, 3.05) is 5.32 Å². The molecule has 1 aliphatic heterocycles. The Kier molecular flexibility index (Phi) is 4.41. The van der Waals surface area contributed by atoms with Gasteiger partial charge in [0.1, 0.15) is 5.69 Å². The number of benzene rings is 2. The van der Waals surface area contributed by atoms with Gasteiger partial charge in [-0.2, -0.15) is 13.2 Å². The first kappa shape index (κ1) is 19.7. The fourth-order valence-corrected chi connectivity index (χ4v) is 3.44. The van der Waals surface area contributed by atoms with E-state index in [2.05, 4.69) is 10.3 Å². The molecule has 2 heterocycles. The zero-order valence-corrected chi connectivity index (χ0v) is 15.9. The molecule has 0 saturated heterocycles. The third-order valence-corrected chi connectivity index (χ3v) is 4.88. The lowest BCUT2D eigenvalue weighted by Crippen LogP contribution is -2.35. The highest BCUT2D eigenvalue weighted by Crippen LogP contribution is 2.32. The Hall–Kier alpha value is -3.62. The molecule has 9 heteroatoms. The summed E-state index contributed by atoms with van der Waals surface area (Å²) in [5.41, 5.74) is 0.252. The highest BCUT2D eigenvalue weighted by molar-refractivity contribution is 6.22. The van der Waals surface area contributed by atoms with Crippen molar-refractivity contribution in [2.24, 2.45) is 0 Å². The molecule has 4 rings (SSSR count). The van der Waals surface area contributed by atoms with Crippen LogP contribution in [0.3, 0.4) is 0 Å². The summed E-state index contributed by atoms with van der Waals surface area (Å²) in [6.45, 7) is 3.44. The Balaban J connectivity index is 1.60. The maximum absolute atomic E-state index is 12.8. The largest absolute Gasteiger partial charge is 0.431 e. The number of amides is 3. The van der Waals surface area contributed by atoms with Gasteiger partial charge in [-0.3, -0.25) is 19.3 Å². The molecule has 154 valence electrons. The number of aromatic amines is 1. The van der Waals surface area contributed by atoms with Crippen LogP contribution in [0.4, 0.5) is 18.9 Å². The molecule has 2 aromatic carbocycles. The van der Waals surface area contributed by atoms with Crippen LogP contribution in [0.5, 0.6) is 0 Å². The van der Waals surface area contributed by atoms with E-state index in [1.807, 2.05) is 0 Å². The van der Waals surface area contributed by atoms with Crippen LogP contribution in [0.1, 0.15) is 50.6 Å². The lowest BCUT2D eigenvalue weighted by atomic mass is 10.1. The van der Waals surface area contributed by atoms with Gasteiger partial charge in [0.05, 0.1) is 11.1 Å². The number of nitrogens with one attached hydrogen (secondary N) is 2. The number of halogens is 3. The van der Waals surface area contributed by atoms with E-state index in [0.717, 1.165) is 11.0 Å². The number of H-pyrrole nitrogens is 1. The van der Waals surface area contributed by atoms with Crippen LogP contribution in [-0.4, -0.2) is 33.6 Å². The average Bonchev–Trinajstić information content (AvgIpc) is 3.20. The van der Waals surface area contributed by atoms with Gasteiger partial charge in [0.15, 0.2) is 0 Å². The van der Waals surface area contributed by atoms with Gasteiger partial charge in [-0.05, 0) is 56.3 Å². The maximum atomic E-state index is 12.8. The number of anilines is 1. The van der Waals surface area contributed by atoms with Crippen LogP contribution in [0.2, 0.25) is 0 Å². The van der Waals surface area contributed by atoms with E-state index in [-0.39, 0.29) is 28.2 Å². The molecule has 1 aromatic heterocycles. The number of alkyl halides is 3. The fraction of sp³-hybridized carbons (Fsp3) is 0.190. The Morgan fingerprint density at radius 2 is 1.70 bits per heavy atom. The molecule has 0 fully saturated rings. The second-order valence-electron chi connectivity index (χ2n) is 7.27. The predicted octanol–water partition coefficient (Wildman–Crippen LogP) is 4.44. The quantitative estimate of drug-likeness (QED) is 0.621. The lowest BCUT2D eigenvalue weighted by molar-refractivity contribution is -0.140. The average molecular weight is 415 g/mol. The molecular formula is C21H16F3N3O3. The normalized spacial score (nSPS) is 14.0. The standard InChI is InChI=1S/C21H16F3N3O3/c1-10(2)27-19(29)14-5-3-11(8-15(14)20(27)30)18(28)25-13-4-6-16-12(7-13)9-17(26-16)21(22,23)24/h3-10,26H,1-2H3,(H,25,28). The molecule has 0 aliphatic carbocycles. The van der Waals surface area contributed by atoms with Crippen LogP contribution < -0.4 is 5.32 Å². The summed E-state index contributed by atoms with van der Waals surface area (Å²) in [6, 6.07) is 9.18. The smallest absolute Gasteiger partial charge is 0.351 e. The van der Waals surface area contributed by atoms with E-state index in [4.69, 9.17) is 0 Å². The number of carbonyl (C=O) groups excluding carboxylic acids is 3. The van der Waals surface area contributed by atoms with Crippen LogP contribution >= 0.6 is 0 Å². The minimum atomic E-state index is -4.50. The van der Waals surface area contributed by atoms with Crippen molar-refractivity contribution in [3.8, 4) is 0 Å². The third kappa shape index (κ3) is 3.22. The van der Waals surface area contributed by atoms with Crippen molar-refractivity contribution in [2.45, 2.75) is 26.1 Å². The summed E-state index contributed by atoms with van der Waals surface area (Å²) in [6.07, 6.45) is -4.50. The van der Waals surface area contributed by atoms with E-state index in [1.165, 1.54) is 36.4 Å². The molecule has 0 radical (unpaired) electrons. The topological polar surface area (TPSA) is 82.3 Å². The highest BCUT2D eigenvalue weighted by Gasteiger charge is 2.37. The lowest BCUT2D eigenvalue weighted by Gasteiger charge is -2.17. The van der Waals surface area contributed by atoms with Crippen molar-refractivity contribution in [3.05, 3.63) is 64.8 Å². The summed E-state index contributed by atoms with van der Waals surface area (Å²) in [7, 11) is 0. The first-order valence-corrected chi connectivity index (χ1v) is 9.09. The summed E-state index contributed by atoms with van der Waals surface area (Å²) in [5, 5.41) is 2.90. The van der Waals surface area contributed by atoms with E-state index in [9.17, 15) is 27.6 Å². The monoisotopic (exact) mass is 415 g/mol. The molecule has 0 bridgehead atoms. The number of hydrogen-bond acceptors (Lipinski definition) is 3. The molecule has 1 aliphatic rings. The van der Waals surface area contributed by atoms with Gasteiger partial charge in [0, 0.05) is 28.2 Å². The number of carbonyl (C=O) groups is 3. The number of imide groups is 1. The van der Waals surface area contributed by atoms with Gasteiger partial charge in [0.2, 0.25) is 0 Å². The second-order valence-corrected chi connectivity index (χ2v) is 7.27. The Bertz CT molecular complexity index is 1210. The van der Waals surface area contributed by atoms with Crippen molar-refractivity contribution >= 4 is 34.3 Å². The molecular weight excluding hydrogens is 399 g/mol. The van der Waals surface area contributed by atoms with Gasteiger partial charge in [-0.15, -0.1) is 0 Å². The summed E-state index contributed by atoms with van der Waals surface area (Å²) >= 11 is 0.